The first kappa shape index (κ1) is 11.1. The van der Waals surface area contributed by atoms with E-state index in [1.54, 1.807) is 6.07 Å². The molecule has 15 heavy (non-hydrogen) atoms. The van der Waals surface area contributed by atoms with E-state index in [0.29, 0.717) is 31.4 Å². The molecule has 1 aromatic rings. The first-order valence-electron chi connectivity index (χ1n) is 4.81. The molecule has 0 saturated carbocycles. The number of aryl methyl sites for hydroxylation is 1. The molecule has 0 aromatic heterocycles. The van der Waals surface area contributed by atoms with Gasteiger partial charge in [0, 0.05) is 24.6 Å². The van der Waals surface area contributed by atoms with Crippen LogP contribution in [0.4, 0.5) is 5.69 Å². The van der Waals surface area contributed by atoms with E-state index in [4.69, 9.17) is 16.3 Å². The van der Waals surface area contributed by atoms with Gasteiger partial charge in [0.2, 0.25) is 0 Å². The van der Waals surface area contributed by atoms with Crippen LogP contribution in [0.1, 0.15) is 24.0 Å². The first-order valence-corrected chi connectivity index (χ1v) is 4.81. The van der Waals surface area contributed by atoms with Gasteiger partial charge >= 0.3 is 0 Å². The molecular weight excluding hydrogens is 186 g/mol. The molecule has 3 nitrogen and oxygen atoms in total. The summed E-state index contributed by atoms with van der Waals surface area (Å²) in [6, 6.07) is 10.8. The summed E-state index contributed by atoms with van der Waals surface area (Å²) in [5, 5.41) is 17.1. The predicted molar refractivity (Wildman–Crippen MR) is 57.6 cm³/mol. The lowest BCUT2D eigenvalue weighted by Gasteiger charge is -2.09. The molecule has 3 heteroatoms. The third-order valence-electron chi connectivity index (χ3n) is 2.23. The lowest BCUT2D eigenvalue weighted by atomic mass is 9.98. The zero-order valence-corrected chi connectivity index (χ0v) is 8.45. The van der Waals surface area contributed by atoms with Crippen LogP contribution in [0.3, 0.4) is 0 Å². The number of hydrogen-bond donors (Lipinski definition) is 1. The minimum Gasteiger partial charge on any atom is -0.398 e. The van der Waals surface area contributed by atoms with E-state index in [1.807, 2.05) is 6.07 Å². The second kappa shape index (κ2) is 5.67. The predicted octanol–water partition coefficient (Wildman–Crippen LogP) is 1.98. The smallest absolute Gasteiger partial charge is 0.0625 e. The van der Waals surface area contributed by atoms with Crippen LogP contribution < -0.4 is 5.73 Å². The van der Waals surface area contributed by atoms with Crippen LogP contribution in [0.5, 0.6) is 0 Å². The van der Waals surface area contributed by atoms with Crippen LogP contribution in [0.25, 0.3) is 0 Å². The fourth-order valence-corrected chi connectivity index (χ4v) is 1.49. The Morgan fingerprint density at radius 2 is 1.87 bits per heavy atom. The third-order valence-corrected chi connectivity index (χ3v) is 2.23. The topological polar surface area (TPSA) is 73.6 Å². The van der Waals surface area contributed by atoms with E-state index < -0.39 is 0 Å². The Hall–Kier alpha value is -2.00. The molecule has 0 fully saturated rings. The quantitative estimate of drug-likeness (QED) is 0.752. The lowest BCUT2D eigenvalue weighted by Crippen LogP contribution is -2.00. The Morgan fingerprint density at radius 3 is 2.53 bits per heavy atom. The van der Waals surface area contributed by atoms with Crippen LogP contribution in [-0.4, -0.2) is 0 Å². The Labute approximate surface area is 89.7 Å². The van der Waals surface area contributed by atoms with E-state index in [1.165, 1.54) is 0 Å². The maximum Gasteiger partial charge on any atom is 0.0625 e. The van der Waals surface area contributed by atoms with Gasteiger partial charge in [-0.05, 0) is 24.0 Å². The number of nitrogens with zero attached hydrogens (tertiary/aromatic N) is 2. The third kappa shape index (κ3) is 3.00. The van der Waals surface area contributed by atoms with Gasteiger partial charge in [-0.15, -0.1) is 0 Å². The molecule has 0 bridgehead atoms. The summed E-state index contributed by atoms with van der Waals surface area (Å²) in [6.45, 7) is 0. The average molecular weight is 198 g/mol. The lowest BCUT2D eigenvalue weighted by molar-refractivity contribution is 0.938. The van der Waals surface area contributed by atoms with Crippen LogP contribution in [-0.2, 0) is 12.8 Å². The Bertz CT molecular complexity index is 410. The largest absolute Gasteiger partial charge is 0.398 e. The molecule has 1 radical (unpaired) electrons. The maximum absolute atomic E-state index is 8.53. The highest BCUT2D eigenvalue weighted by atomic mass is 14.6. The number of nitrogen functional groups attached to an aromatic ring is 1. The fourth-order valence-electron chi connectivity index (χ4n) is 1.49. The van der Waals surface area contributed by atoms with Crippen LogP contribution in [0.2, 0.25) is 0 Å². The van der Waals surface area contributed by atoms with Gasteiger partial charge in [-0.25, -0.2) is 0 Å². The minimum absolute atomic E-state index is 0.446. The molecule has 0 amide bonds. The van der Waals surface area contributed by atoms with E-state index in [9.17, 15) is 0 Å². The van der Waals surface area contributed by atoms with Crippen molar-refractivity contribution in [1.82, 2.24) is 0 Å². The number of hydrogen-bond acceptors (Lipinski definition) is 3. The van der Waals surface area contributed by atoms with Crippen molar-refractivity contribution in [1.29, 1.82) is 10.5 Å². The van der Waals surface area contributed by atoms with Gasteiger partial charge in [-0.3, -0.25) is 0 Å². The minimum atomic E-state index is 0.446. The van der Waals surface area contributed by atoms with Crippen molar-refractivity contribution in [2.24, 2.45) is 0 Å². The molecular formula is C12H12N3. The van der Waals surface area contributed by atoms with Crippen LogP contribution >= 0.6 is 0 Å². The summed E-state index contributed by atoms with van der Waals surface area (Å²) in [7, 11) is 0. The Balaban J connectivity index is 2.89. The highest BCUT2D eigenvalue weighted by Gasteiger charge is 2.05. The fraction of sp³-hybridized carbons (Fsp3) is 0.333. The van der Waals surface area contributed by atoms with Gasteiger partial charge in [-0.2, -0.15) is 10.5 Å². The molecule has 0 atom stereocenters. The van der Waals surface area contributed by atoms with Crippen molar-refractivity contribution in [2.75, 3.05) is 5.73 Å². The summed E-state index contributed by atoms with van der Waals surface area (Å²) in [4.78, 5) is 0. The van der Waals surface area contributed by atoms with Crippen molar-refractivity contribution in [2.45, 2.75) is 25.7 Å². The van der Waals surface area contributed by atoms with Crippen LogP contribution in [0.15, 0.2) is 12.1 Å². The summed E-state index contributed by atoms with van der Waals surface area (Å²) >= 11 is 0. The Morgan fingerprint density at radius 1 is 1.20 bits per heavy atom. The SMILES string of the molecule is N#CCCc1cc[c]c(N)c1CCC#N. The van der Waals surface area contributed by atoms with E-state index >= 15 is 0 Å². The second-order valence-corrected chi connectivity index (χ2v) is 3.21. The van der Waals surface area contributed by atoms with Crippen molar-refractivity contribution >= 4 is 5.69 Å². The molecule has 0 aliphatic carbocycles. The van der Waals surface area contributed by atoms with Crippen molar-refractivity contribution < 1.29 is 0 Å². The number of benzene rings is 1. The zero-order valence-electron chi connectivity index (χ0n) is 8.45. The molecule has 0 spiro atoms. The standard InChI is InChI=1S/C12H12N3/c13-8-2-5-10-4-1-7-12(15)11(10)6-3-9-14/h1,4H,2-3,5-6,15H2. The normalized spacial score (nSPS) is 9.20. The molecule has 0 aliphatic heterocycles. The Kier molecular flexibility index (Phi) is 4.19. The highest BCUT2D eigenvalue weighted by Crippen LogP contribution is 2.19. The van der Waals surface area contributed by atoms with Crippen molar-refractivity contribution in [3.05, 3.63) is 29.3 Å². The summed E-state index contributed by atoms with van der Waals surface area (Å²) in [5.41, 5.74) is 8.41. The van der Waals surface area contributed by atoms with E-state index in [0.717, 1.165) is 11.1 Å². The van der Waals surface area contributed by atoms with Crippen LogP contribution in [0, 0.1) is 28.7 Å². The molecule has 0 heterocycles. The van der Waals surface area contributed by atoms with Crippen molar-refractivity contribution in [3.63, 3.8) is 0 Å². The number of anilines is 1. The summed E-state index contributed by atoms with van der Waals surface area (Å²) < 4.78 is 0. The number of nitrogens with two attached hydrogens (primary N) is 1. The summed E-state index contributed by atoms with van der Waals surface area (Å²) in [5.74, 6) is 0. The highest BCUT2D eigenvalue weighted by molar-refractivity contribution is 5.50. The van der Waals surface area contributed by atoms with Gasteiger partial charge in [0.05, 0.1) is 12.1 Å². The van der Waals surface area contributed by atoms with Gasteiger partial charge in [0.25, 0.3) is 0 Å². The molecule has 2 N–H and O–H groups in total. The first-order chi connectivity index (χ1) is 7.29. The van der Waals surface area contributed by atoms with Gasteiger partial charge < -0.3 is 5.73 Å². The van der Waals surface area contributed by atoms with Gasteiger partial charge in [-0.1, -0.05) is 12.1 Å². The van der Waals surface area contributed by atoms with E-state index in [2.05, 4.69) is 18.2 Å². The monoisotopic (exact) mass is 198 g/mol. The zero-order chi connectivity index (χ0) is 11.1. The number of nitriles is 2. The van der Waals surface area contributed by atoms with Crippen molar-refractivity contribution in [3.8, 4) is 12.1 Å². The molecule has 0 unspecified atom stereocenters. The molecule has 1 aromatic carbocycles. The molecule has 75 valence electrons. The molecule has 0 aliphatic rings. The number of rotatable bonds is 4. The molecule has 0 saturated heterocycles. The second-order valence-electron chi connectivity index (χ2n) is 3.21. The summed E-state index contributed by atoms with van der Waals surface area (Å²) in [6.07, 6.45) is 2.25. The van der Waals surface area contributed by atoms with Gasteiger partial charge in [0.15, 0.2) is 0 Å². The average Bonchev–Trinajstić information content (AvgIpc) is 2.25. The van der Waals surface area contributed by atoms with E-state index in [-0.39, 0.29) is 0 Å². The van der Waals surface area contributed by atoms with Gasteiger partial charge in [0.1, 0.15) is 0 Å². The maximum atomic E-state index is 8.53. The molecule has 1 rings (SSSR count).